The standard InChI is InChI=1S/C20H13NO2/c1-2-15-3-5-16(6-4-15)17-7-9-18(10-8-17)19-11-13-20(14-12-19)21(22)23/h1,3-14H. The molecule has 0 fully saturated rings. The van der Waals surface area contributed by atoms with Crippen LogP contribution in [-0.2, 0) is 0 Å². The van der Waals surface area contributed by atoms with Gasteiger partial charge in [-0.05, 0) is 46.5 Å². The Morgan fingerprint density at radius 3 is 1.39 bits per heavy atom. The Morgan fingerprint density at radius 1 is 0.696 bits per heavy atom. The van der Waals surface area contributed by atoms with E-state index in [0.717, 1.165) is 27.8 Å². The minimum atomic E-state index is -0.396. The third kappa shape index (κ3) is 3.12. The Hall–Kier alpha value is -3.38. The molecular weight excluding hydrogens is 286 g/mol. The van der Waals surface area contributed by atoms with E-state index in [-0.39, 0.29) is 5.69 Å². The number of benzene rings is 3. The molecule has 0 aliphatic rings. The number of terminal acetylenes is 1. The molecule has 3 nitrogen and oxygen atoms in total. The van der Waals surface area contributed by atoms with Crippen molar-refractivity contribution in [2.75, 3.05) is 0 Å². The highest BCUT2D eigenvalue weighted by Gasteiger charge is 2.05. The van der Waals surface area contributed by atoms with Crippen molar-refractivity contribution in [2.24, 2.45) is 0 Å². The number of hydrogen-bond donors (Lipinski definition) is 0. The zero-order valence-corrected chi connectivity index (χ0v) is 12.3. The third-order valence-electron chi connectivity index (χ3n) is 3.68. The summed E-state index contributed by atoms with van der Waals surface area (Å²) in [6.07, 6.45) is 5.36. The second kappa shape index (κ2) is 6.17. The van der Waals surface area contributed by atoms with Crippen LogP contribution in [0, 0.1) is 22.5 Å². The van der Waals surface area contributed by atoms with E-state index < -0.39 is 4.92 Å². The summed E-state index contributed by atoms with van der Waals surface area (Å²) in [5, 5.41) is 10.7. The fraction of sp³-hybridized carbons (Fsp3) is 0. The summed E-state index contributed by atoms with van der Waals surface area (Å²) >= 11 is 0. The maximum atomic E-state index is 10.7. The fourth-order valence-electron chi connectivity index (χ4n) is 2.39. The van der Waals surface area contributed by atoms with Crippen LogP contribution >= 0.6 is 0 Å². The van der Waals surface area contributed by atoms with Crippen LogP contribution < -0.4 is 0 Å². The van der Waals surface area contributed by atoms with Crippen molar-refractivity contribution < 1.29 is 4.92 Å². The van der Waals surface area contributed by atoms with Gasteiger partial charge < -0.3 is 0 Å². The van der Waals surface area contributed by atoms with Gasteiger partial charge in [0.15, 0.2) is 0 Å². The van der Waals surface area contributed by atoms with Gasteiger partial charge in [0.05, 0.1) is 4.92 Å². The van der Waals surface area contributed by atoms with E-state index in [4.69, 9.17) is 6.42 Å². The Kier molecular flexibility index (Phi) is 3.90. The Morgan fingerprint density at radius 2 is 1.04 bits per heavy atom. The highest BCUT2D eigenvalue weighted by Crippen LogP contribution is 2.26. The van der Waals surface area contributed by atoms with Gasteiger partial charge in [0.2, 0.25) is 0 Å². The van der Waals surface area contributed by atoms with E-state index in [1.807, 2.05) is 48.5 Å². The maximum absolute atomic E-state index is 10.7. The molecule has 0 aliphatic heterocycles. The minimum absolute atomic E-state index is 0.0963. The molecule has 0 saturated heterocycles. The number of non-ortho nitro benzene ring substituents is 1. The molecule has 0 N–H and O–H groups in total. The molecule has 3 aromatic carbocycles. The lowest BCUT2D eigenvalue weighted by Gasteiger charge is -2.05. The van der Waals surface area contributed by atoms with Gasteiger partial charge in [0.1, 0.15) is 0 Å². The maximum Gasteiger partial charge on any atom is 0.269 e. The average Bonchev–Trinajstić information content (AvgIpc) is 2.62. The first-order valence-electron chi connectivity index (χ1n) is 7.09. The van der Waals surface area contributed by atoms with Gasteiger partial charge in [-0.2, -0.15) is 0 Å². The topological polar surface area (TPSA) is 43.1 Å². The smallest absolute Gasteiger partial charge is 0.258 e. The minimum Gasteiger partial charge on any atom is -0.258 e. The first kappa shape index (κ1) is 14.6. The molecule has 0 bridgehead atoms. The molecule has 3 aromatic rings. The molecule has 0 saturated carbocycles. The van der Waals surface area contributed by atoms with Crippen LogP contribution in [-0.4, -0.2) is 4.92 Å². The van der Waals surface area contributed by atoms with Crippen LogP contribution in [0.3, 0.4) is 0 Å². The van der Waals surface area contributed by atoms with Crippen molar-refractivity contribution in [3.8, 4) is 34.6 Å². The predicted molar refractivity (Wildman–Crippen MR) is 91.9 cm³/mol. The second-order valence-electron chi connectivity index (χ2n) is 5.10. The van der Waals surface area contributed by atoms with Gasteiger partial charge in [-0.3, -0.25) is 10.1 Å². The zero-order chi connectivity index (χ0) is 16.2. The molecule has 0 aromatic heterocycles. The molecule has 0 amide bonds. The predicted octanol–water partition coefficient (Wildman–Crippen LogP) is 4.91. The first-order valence-corrected chi connectivity index (χ1v) is 7.09. The molecular formula is C20H13NO2. The fourth-order valence-corrected chi connectivity index (χ4v) is 2.39. The van der Waals surface area contributed by atoms with Crippen molar-refractivity contribution in [1.82, 2.24) is 0 Å². The largest absolute Gasteiger partial charge is 0.269 e. The molecule has 0 atom stereocenters. The number of hydrogen-bond acceptors (Lipinski definition) is 2. The van der Waals surface area contributed by atoms with Crippen molar-refractivity contribution in [2.45, 2.75) is 0 Å². The van der Waals surface area contributed by atoms with Crippen LogP contribution in [0.15, 0.2) is 72.8 Å². The quantitative estimate of drug-likeness (QED) is 0.392. The Balaban J connectivity index is 1.86. The van der Waals surface area contributed by atoms with Crippen LogP contribution in [0.1, 0.15) is 5.56 Å². The van der Waals surface area contributed by atoms with E-state index in [0.29, 0.717) is 0 Å². The van der Waals surface area contributed by atoms with Crippen LogP contribution in [0.4, 0.5) is 5.69 Å². The lowest BCUT2D eigenvalue weighted by Crippen LogP contribution is -1.87. The normalized spacial score (nSPS) is 10.0. The van der Waals surface area contributed by atoms with Crippen molar-refractivity contribution in [3.05, 3.63) is 88.5 Å². The van der Waals surface area contributed by atoms with Crippen LogP contribution in [0.2, 0.25) is 0 Å². The van der Waals surface area contributed by atoms with Gasteiger partial charge >= 0.3 is 0 Å². The van der Waals surface area contributed by atoms with Crippen molar-refractivity contribution >= 4 is 5.69 Å². The number of rotatable bonds is 3. The Bertz CT molecular complexity index is 871. The number of nitrogens with zero attached hydrogens (tertiary/aromatic N) is 1. The third-order valence-corrected chi connectivity index (χ3v) is 3.68. The van der Waals surface area contributed by atoms with E-state index >= 15 is 0 Å². The average molecular weight is 299 g/mol. The summed E-state index contributed by atoms with van der Waals surface area (Å²) < 4.78 is 0. The molecule has 110 valence electrons. The van der Waals surface area contributed by atoms with Gasteiger partial charge in [-0.15, -0.1) is 6.42 Å². The molecule has 3 heteroatoms. The summed E-state index contributed by atoms with van der Waals surface area (Å²) in [5.74, 6) is 2.60. The lowest BCUT2D eigenvalue weighted by atomic mass is 9.99. The second-order valence-corrected chi connectivity index (χ2v) is 5.10. The lowest BCUT2D eigenvalue weighted by molar-refractivity contribution is -0.384. The van der Waals surface area contributed by atoms with Crippen molar-refractivity contribution in [1.29, 1.82) is 0 Å². The Labute approximate surface area is 134 Å². The molecule has 0 heterocycles. The number of nitro groups is 1. The van der Waals surface area contributed by atoms with Crippen LogP contribution in [0.25, 0.3) is 22.3 Å². The molecule has 0 aliphatic carbocycles. The SMILES string of the molecule is C#Cc1ccc(-c2ccc(-c3ccc([N+](=O)[O-])cc3)cc2)cc1. The number of nitro benzene ring substituents is 1. The highest BCUT2D eigenvalue weighted by molar-refractivity contribution is 5.71. The van der Waals surface area contributed by atoms with Crippen molar-refractivity contribution in [3.63, 3.8) is 0 Å². The summed E-state index contributed by atoms with van der Waals surface area (Å²) in [5.41, 5.74) is 5.11. The molecule has 0 spiro atoms. The zero-order valence-electron chi connectivity index (χ0n) is 12.3. The van der Waals surface area contributed by atoms with Gasteiger partial charge in [0.25, 0.3) is 5.69 Å². The first-order chi connectivity index (χ1) is 11.2. The molecule has 0 radical (unpaired) electrons. The highest BCUT2D eigenvalue weighted by atomic mass is 16.6. The molecule has 23 heavy (non-hydrogen) atoms. The van der Waals surface area contributed by atoms with E-state index in [9.17, 15) is 10.1 Å². The van der Waals surface area contributed by atoms with E-state index in [1.165, 1.54) is 12.1 Å². The summed E-state index contributed by atoms with van der Waals surface area (Å²) in [6, 6.07) is 22.4. The monoisotopic (exact) mass is 299 g/mol. The molecule has 3 rings (SSSR count). The summed E-state index contributed by atoms with van der Waals surface area (Å²) in [6.45, 7) is 0. The molecule has 0 unspecified atom stereocenters. The van der Waals surface area contributed by atoms with E-state index in [1.54, 1.807) is 12.1 Å². The summed E-state index contributed by atoms with van der Waals surface area (Å²) in [4.78, 5) is 10.3. The van der Waals surface area contributed by atoms with E-state index in [2.05, 4.69) is 5.92 Å². The van der Waals surface area contributed by atoms with Gasteiger partial charge in [-0.25, -0.2) is 0 Å². The van der Waals surface area contributed by atoms with Gasteiger partial charge in [-0.1, -0.05) is 42.3 Å². The van der Waals surface area contributed by atoms with Gasteiger partial charge in [0, 0.05) is 17.7 Å². The van der Waals surface area contributed by atoms with Crippen LogP contribution in [0.5, 0.6) is 0 Å². The summed E-state index contributed by atoms with van der Waals surface area (Å²) in [7, 11) is 0.